The van der Waals surface area contributed by atoms with E-state index in [0.29, 0.717) is 22.8 Å². The summed E-state index contributed by atoms with van der Waals surface area (Å²) in [5, 5.41) is 4.49. The second-order valence-electron chi connectivity index (χ2n) is 5.56. The van der Waals surface area contributed by atoms with Gasteiger partial charge in [-0.2, -0.15) is 0 Å². The molecule has 2 aromatic carbocycles. The van der Waals surface area contributed by atoms with E-state index in [9.17, 15) is 9.18 Å². The fraction of sp³-hybridized carbons (Fsp3) is 0. The maximum atomic E-state index is 13.4. The third-order valence-corrected chi connectivity index (χ3v) is 4.38. The summed E-state index contributed by atoms with van der Waals surface area (Å²) < 4.78 is 13.4. The molecule has 0 aliphatic rings. The van der Waals surface area contributed by atoms with Crippen LogP contribution >= 0.6 is 11.3 Å². The molecule has 0 saturated heterocycles. The molecule has 7 heteroatoms. The van der Waals surface area contributed by atoms with Crippen LogP contribution in [-0.2, 0) is 0 Å². The lowest BCUT2D eigenvalue weighted by molar-refractivity contribution is 0.102. The predicted molar refractivity (Wildman–Crippen MR) is 99.5 cm³/mol. The number of amides is 1. The minimum Gasteiger partial charge on any atom is -0.338 e. The van der Waals surface area contributed by atoms with E-state index >= 15 is 0 Å². The molecule has 26 heavy (non-hydrogen) atoms. The Balaban J connectivity index is 1.51. The Morgan fingerprint density at radius 3 is 2.65 bits per heavy atom. The first-order valence-corrected chi connectivity index (χ1v) is 8.74. The highest BCUT2D eigenvalue weighted by Crippen LogP contribution is 2.24. The van der Waals surface area contributed by atoms with E-state index in [1.807, 2.05) is 24.3 Å². The number of aromatic amines is 1. The van der Waals surface area contributed by atoms with Crippen LogP contribution in [0.5, 0.6) is 0 Å². The van der Waals surface area contributed by atoms with E-state index in [1.54, 1.807) is 29.2 Å². The fourth-order valence-electron chi connectivity index (χ4n) is 2.50. The molecule has 2 aromatic heterocycles. The van der Waals surface area contributed by atoms with E-state index in [1.165, 1.54) is 23.5 Å². The smallest absolute Gasteiger partial charge is 0.275 e. The van der Waals surface area contributed by atoms with Crippen molar-refractivity contribution < 1.29 is 9.18 Å². The van der Waals surface area contributed by atoms with Crippen molar-refractivity contribution in [3.63, 3.8) is 0 Å². The summed E-state index contributed by atoms with van der Waals surface area (Å²) in [7, 11) is 0. The van der Waals surface area contributed by atoms with Gasteiger partial charge in [0.25, 0.3) is 5.91 Å². The first kappa shape index (κ1) is 16.2. The molecule has 0 aliphatic carbocycles. The van der Waals surface area contributed by atoms with Crippen molar-refractivity contribution in [2.24, 2.45) is 0 Å². The van der Waals surface area contributed by atoms with Gasteiger partial charge in [-0.3, -0.25) is 4.79 Å². The van der Waals surface area contributed by atoms with Crippen molar-refractivity contribution in [2.75, 3.05) is 5.32 Å². The highest BCUT2D eigenvalue weighted by atomic mass is 32.1. The number of H-pyrrole nitrogens is 1. The summed E-state index contributed by atoms with van der Waals surface area (Å²) >= 11 is 1.37. The van der Waals surface area contributed by atoms with E-state index < -0.39 is 0 Å². The summed E-state index contributed by atoms with van der Waals surface area (Å²) in [5.74, 6) is 0.0509. The number of nitrogens with zero attached hydrogens (tertiary/aromatic N) is 2. The zero-order valence-electron chi connectivity index (χ0n) is 13.4. The number of benzene rings is 2. The van der Waals surface area contributed by atoms with Gasteiger partial charge in [-0.05, 0) is 29.8 Å². The number of hydrogen-bond donors (Lipinski definition) is 2. The summed E-state index contributed by atoms with van der Waals surface area (Å²) in [6, 6.07) is 13.6. The second-order valence-corrected chi connectivity index (χ2v) is 6.28. The molecule has 0 atom stereocenters. The lowest BCUT2D eigenvalue weighted by Gasteiger charge is -2.04. The number of nitrogens with one attached hydrogen (secondary N) is 2. The molecule has 128 valence electrons. The summed E-state index contributed by atoms with van der Waals surface area (Å²) in [6.07, 6.45) is 1.70. The normalized spacial score (nSPS) is 10.7. The van der Waals surface area contributed by atoms with E-state index in [4.69, 9.17) is 0 Å². The van der Waals surface area contributed by atoms with Gasteiger partial charge < -0.3 is 10.3 Å². The van der Waals surface area contributed by atoms with Crippen molar-refractivity contribution >= 4 is 22.9 Å². The standard InChI is InChI=1S/C19H13FN4OS/c20-14-3-1-2-13(8-14)18-21-9-16(24-18)12-4-6-15(7-5-12)23-19(25)17-10-26-11-22-17/h1-11H,(H,21,24)(H,23,25). The molecule has 2 N–H and O–H groups in total. The topological polar surface area (TPSA) is 70.7 Å². The molecule has 5 nitrogen and oxygen atoms in total. The third kappa shape index (κ3) is 3.38. The molecule has 0 saturated carbocycles. The molecule has 0 unspecified atom stereocenters. The van der Waals surface area contributed by atoms with Crippen LogP contribution in [0.3, 0.4) is 0 Å². The van der Waals surface area contributed by atoms with Crippen LogP contribution in [0.15, 0.2) is 65.6 Å². The Labute approximate surface area is 152 Å². The number of halogens is 1. The molecule has 0 radical (unpaired) electrons. The average molecular weight is 364 g/mol. The number of carbonyl (C=O) groups is 1. The van der Waals surface area contributed by atoms with Crippen LogP contribution in [0.2, 0.25) is 0 Å². The molecule has 4 aromatic rings. The Hall–Kier alpha value is -3.32. The maximum Gasteiger partial charge on any atom is 0.275 e. The molecular formula is C19H13FN4OS. The number of anilines is 1. The van der Waals surface area contributed by atoms with E-state index in [2.05, 4.69) is 20.3 Å². The molecule has 0 spiro atoms. The summed E-state index contributed by atoms with van der Waals surface area (Å²) in [5.41, 5.74) is 5.09. The minimum absolute atomic E-state index is 0.242. The highest BCUT2D eigenvalue weighted by Gasteiger charge is 2.09. The predicted octanol–water partition coefficient (Wildman–Crippen LogP) is 4.59. The SMILES string of the molecule is O=C(Nc1ccc(-c2cnc(-c3cccc(F)c3)[nH]2)cc1)c1cscn1. The van der Waals surface area contributed by atoms with Gasteiger partial charge in [0, 0.05) is 16.6 Å². The van der Waals surface area contributed by atoms with Crippen molar-refractivity contribution in [3.05, 3.63) is 77.1 Å². The Kier molecular flexibility index (Phi) is 4.28. The zero-order valence-corrected chi connectivity index (χ0v) is 14.3. The van der Waals surface area contributed by atoms with Gasteiger partial charge in [0.05, 0.1) is 17.4 Å². The molecule has 2 heterocycles. The highest BCUT2D eigenvalue weighted by molar-refractivity contribution is 7.07. The van der Waals surface area contributed by atoms with Crippen molar-refractivity contribution in [3.8, 4) is 22.6 Å². The second kappa shape index (κ2) is 6.89. The number of aromatic nitrogens is 3. The number of rotatable bonds is 4. The van der Waals surface area contributed by atoms with Gasteiger partial charge in [0.15, 0.2) is 0 Å². The number of imidazole rings is 1. The van der Waals surface area contributed by atoms with E-state index in [-0.39, 0.29) is 11.7 Å². The van der Waals surface area contributed by atoms with Crippen molar-refractivity contribution in [2.45, 2.75) is 0 Å². The first-order chi connectivity index (χ1) is 12.7. The Bertz CT molecular complexity index is 1040. The van der Waals surface area contributed by atoms with Crippen molar-refractivity contribution in [1.29, 1.82) is 0 Å². The van der Waals surface area contributed by atoms with Gasteiger partial charge in [-0.15, -0.1) is 11.3 Å². The van der Waals surface area contributed by atoms with Gasteiger partial charge in [0.2, 0.25) is 0 Å². The summed E-state index contributed by atoms with van der Waals surface area (Å²) in [4.78, 5) is 23.5. The third-order valence-electron chi connectivity index (χ3n) is 3.79. The number of carbonyl (C=O) groups excluding carboxylic acids is 1. The molecule has 0 aliphatic heterocycles. The number of hydrogen-bond acceptors (Lipinski definition) is 4. The first-order valence-electron chi connectivity index (χ1n) is 7.80. The minimum atomic E-state index is -0.305. The van der Waals surface area contributed by atoms with Crippen LogP contribution in [0.4, 0.5) is 10.1 Å². The summed E-state index contributed by atoms with van der Waals surface area (Å²) in [6.45, 7) is 0. The molecule has 1 amide bonds. The van der Waals surface area contributed by atoms with Crippen LogP contribution in [0.25, 0.3) is 22.6 Å². The molecular weight excluding hydrogens is 351 g/mol. The zero-order chi connectivity index (χ0) is 17.9. The van der Waals surface area contributed by atoms with Gasteiger partial charge in [0.1, 0.15) is 17.3 Å². The van der Waals surface area contributed by atoms with Crippen molar-refractivity contribution in [1.82, 2.24) is 15.0 Å². The quantitative estimate of drug-likeness (QED) is 0.556. The molecule has 4 rings (SSSR count). The lowest BCUT2D eigenvalue weighted by Crippen LogP contribution is -2.11. The average Bonchev–Trinajstić information content (AvgIpc) is 3.35. The largest absolute Gasteiger partial charge is 0.338 e. The number of thiazole rings is 1. The van der Waals surface area contributed by atoms with Crippen LogP contribution in [-0.4, -0.2) is 20.9 Å². The lowest BCUT2D eigenvalue weighted by atomic mass is 10.1. The maximum absolute atomic E-state index is 13.4. The monoisotopic (exact) mass is 364 g/mol. The van der Waals surface area contributed by atoms with Gasteiger partial charge >= 0.3 is 0 Å². The Morgan fingerprint density at radius 2 is 1.92 bits per heavy atom. The Morgan fingerprint density at radius 1 is 1.08 bits per heavy atom. The van der Waals surface area contributed by atoms with Crippen LogP contribution in [0, 0.1) is 5.82 Å². The molecule has 0 fully saturated rings. The van der Waals surface area contributed by atoms with E-state index in [0.717, 1.165) is 11.3 Å². The van der Waals surface area contributed by atoms with Gasteiger partial charge in [-0.1, -0.05) is 24.3 Å². The molecule has 0 bridgehead atoms. The fourth-order valence-corrected chi connectivity index (χ4v) is 3.04. The van der Waals surface area contributed by atoms with Crippen LogP contribution in [0.1, 0.15) is 10.5 Å². The van der Waals surface area contributed by atoms with Crippen LogP contribution < -0.4 is 5.32 Å². The van der Waals surface area contributed by atoms with Gasteiger partial charge in [-0.25, -0.2) is 14.4 Å².